The van der Waals surface area contributed by atoms with Crippen LogP contribution in [0.4, 0.5) is 0 Å². The third-order valence-electron chi connectivity index (χ3n) is 4.62. The summed E-state index contributed by atoms with van der Waals surface area (Å²) in [6.45, 7) is 2.90. The second kappa shape index (κ2) is 6.62. The molecule has 0 aliphatic carbocycles. The van der Waals surface area contributed by atoms with Crippen LogP contribution in [0.5, 0.6) is 0 Å². The average molecular weight is 292 g/mol. The Morgan fingerprint density at radius 1 is 1.24 bits per heavy atom. The number of nitrogens with zero attached hydrogens (tertiary/aromatic N) is 1. The van der Waals surface area contributed by atoms with Crippen molar-refractivity contribution in [3.63, 3.8) is 0 Å². The van der Waals surface area contributed by atoms with E-state index in [1.165, 1.54) is 0 Å². The Balaban J connectivity index is 1.60. The molecule has 5 heteroatoms. The van der Waals surface area contributed by atoms with Crippen LogP contribution < -0.4 is 5.32 Å². The predicted octanol–water partition coefficient (Wildman–Crippen LogP) is 1.68. The van der Waals surface area contributed by atoms with E-state index in [-0.39, 0.29) is 17.6 Å². The van der Waals surface area contributed by atoms with E-state index in [0.717, 1.165) is 45.5 Å². The third-order valence-corrected chi connectivity index (χ3v) is 4.62. The maximum atomic E-state index is 12.3. The number of hydrogen-bond donors (Lipinski definition) is 1. The SMILES string of the molecule is O=C(CC1(n2cccc2)CCOCC1)NCC1CCCO1. The minimum atomic E-state index is -0.137. The molecule has 2 aliphatic heterocycles. The highest BCUT2D eigenvalue weighted by molar-refractivity contribution is 5.77. The number of carbonyl (C=O) groups is 1. The average Bonchev–Trinajstić information content (AvgIpc) is 3.20. The van der Waals surface area contributed by atoms with Crippen LogP contribution in [0, 0.1) is 0 Å². The molecule has 1 aromatic heterocycles. The van der Waals surface area contributed by atoms with E-state index in [4.69, 9.17) is 9.47 Å². The van der Waals surface area contributed by atoms with Crippen molar-refractivity contribution in [2.24, 2.45) is 0 Å². The Morgan fingerprint density at radius 2 is 2.00 bits per heavy atom. The fraction of sp³-hybridized carbons (Fsp3) is 0.688. The fourth-order valence-electron chi connectivity index (χ4n) is 3.32. The summed E-state index contributed by atoms with van der Waals surface area (Å²) >= 11 is 0. The molecule has 5 nitrogen and oxygen atoms in total. The summed E-state index contributed by atoms with van der Waals surface area (Å²) in [5.74, 6) is 0.112. The minimum absolute atomic E-state index is 0.112. The van der Waals surface area contributed by atoms with Gasteiger partial charge in [0.15, 0.2) is 0 Å². The van der Waals surface area contributed by atoms with Gasteiger partial charge in [0.25, 0.3) is 0 Å². The van der Waals surface area contributed by atoms with Gasteiger partial charge in [-0.15, -0.1) is 0 Å². The molecule has 1 unspecified atom stereocenters. The molecule has 0 saturated carbocycles. The van der Waals surface area contributed by atoms with Crippen molar-refractivity contribution in [3.05, 3.63) is 24.5 Å². The highest BCUT2D eigenvalue weighted by atomic mass is 16.5. The van der Waals surface area contributed by atoms with Gasteiger partial charge in [-0.25, -0.2) is 0 Å². The van der Waals surface area contributed by atoms with Crippen LogP contribution in [0.25, 0.3) is 0 Å². The van der Waals surface area contributed by atoms with E-state index >= 15 is 0 Å². The Labute approximate surface area is 125 Å². The molecule has 1 N–H and O–H groups in total. The highest BCUT2D eigenvalue weighted by Crippen LogP contribution is 2.32. The second-order valence-corrected chi connectivity index (χ2v) is 6.04. The zero-order valence-corrected chi connectivity index (χ0v) is 12.4. The van der Waals surface area contributed by atoms with Crippen molar-refractivity contribution in [2.45, 2.75) is 43.7 Å². The normalized spacial score (nSPS) is 24.9. The van der Waals surface area contributed by atoms with Crippen molar-refractivity contribution < 1.29 is 14.3 Å². The third kappa shape index (κ3) is 3.47. The van der Waals surface area contributed by atoms with E-state index in [9.17, 15) is 4.79 Å². The molecule has 21 heavy (non-hydrogen) atoms. The molecule has 1 atom stereocenters. The van der Waals surface area contributed by atoms with E-state index in [1.807, 2.05) is 12.1 Å². The second-order valence-electron chi connectivity index (χ2n) is 6.04. The van der Waals surface area contributed by atoms with Gasteiger partial charge in [0.1, 0.15) is 0 Å². The number of ether oxygens (including phenoxy) is 2. The predicted molar refractivity (Wildman–Crippen MR) is 79.1 cm³/mol. The number of amides is 1. The van der Waals surface area contributed by atoms with Crippen molar-refractivity contribution >= 4 is 5.91 Å². The highest BCUT2D eigenvalue weighted by Gasteiger charge is 2.36. The van der Waals surface area contributed by atoms with Gasteiger partial charge >= 0.3 is 0 Å². The summed E-state index contributed by atoms with van der Waals surface area (Å²) in [5, 5.41) is 3.04. The molecule has 0 bridgehead atoms. The van der Waals surface area contributed by atoms with Crippen LogP contribution >= 0.6 is 0 Å². The van der Waals surface area contributed by atoms with Gasteiger partial charge in [-0.1, -0.05) is 0 Å². The topological polar surface area (TPSA) is 52.5 Å². The molecule has 0 spiro atoms. The van der Waals surface area contributed by atoms with Gasteiger partial charge in [0, 0.05) is 38.8 Å². The first-order valence-corrected chi connectivity index (χ1v) is 7.88. The Bertz CT molecular complexity index is 446. The molecular formula is C16H24N2O3. The van der Waals surface area contributed by atoms with E-state index < -0.39 is 0 Å². The van der Waals surface area contributed by atoms with Gasteiger partial charge in [0.2, 0.25) is 5.91 Å². The number of aromatic nitrogens is 1. The van der Waals surface area contributed by atoms with Crippen LogP contribution in [0.3, 0.4) is 0 Å². The van der Waals surface area contributed by atoms with Crippen molar-refractivity contribution in [1.29, 1.82) is 0 Å². The van der Waals surface area contributed by atoms with Crippen molar-refractivity contribution in [2.75, 3.05) is 26.4 Å². The van der Waals surface area contributed by atoms with E-state index in [2.05, 4.69) is 22.3 Å². The summed E-state index contributed by atoms with van der Waals surface area (Å²) in [6, 6.07) is 4.03. The first-order valence-electron chi connectivity index (χ1n) is 7.88. The lowest BCUT2D eigenvalue weighted by atomic mass is 9.86. The van der Waals surface area contributed by atoms with Gasteiger partial charge in [-0.3, -0.25) is 4.79 Å². The lowest BCUT2D eigenvalue weighted by Crippen LogP contribution is -2.44. The Hall–Kier alpha value is -1.33. The quantitative estimate of drug-likeness (QED) is 0.898. The molecule has 3 rings (SSSR count). The van der Waals surface area contributed by atoms with Crippen LogP contribution in [-0.2, 0) is 19.8 Å². The lowest BCUT2D eigenvalue weighted by Gasteiger charge is -2.38. The number of carbonyl (C=O) groups excluding carboxylic acids is 1. The molecule has 0 aromatic carbocycles. The number of nitrogens with one attached hydrogen (secondary N) is 1. The van der Waals surface area contributed by atoms with Crippen LogP contribution in [0.2, 0.25) is 0 Å². The van der Waals surface area contributed by atoms with Gasteiger partial charge < -0.3 is 19.4 Å². The Kier molecular flexibility index (Phi) is 4.60. The van der Waals surface area contributed by atoms with E-state index in [1.54, 1.807) is 0 Å². The molecule has 1 amide bonds. The molecule has 3 heterocycles. The summed E-state index contributed by atoms with van der Waals surface area (Å²) in [5.41, 5.74) is -0.137. The lowest BCUT2D eigenvalue weighted by molar-refractivity contribution is -0.125. The monoisotopic (exact) mass is 292 g/mol. The minimum Gasteiger partial charge on any atom is -0.381 e. The summed E-state index contributed by atoms with van der Waals surface area (Å²) in [7, 11) is 0. The largest absolute Gasteiger partial charge is 0.381 e. The van der Waals surface area contributed by atoms with Crippen LogP contribution in [-0.4, -0.2) is 42.9 Å². The molecule has 2 saturated heterocycles. The molecule has 0 radical (unpaired) electrons. The van der Waals surface area contributed by atoms with Crippen molar-refractivity contribution in [1.82, 2.24) is 9.88 Å². The van der Waals surface area contributed by atoms with E-state index in [0.29, 0.717) is 13.0 Å². The summed E-state index contributed by atoms with van der Waals surface area (Å²) in [4.78, 5) is 12.3. The maximum Gasteiger partial charge on any atom is 0.222 e. The van der Waals surface area contributed by atoms with Gasteiger partial charge in [-0.2, -0.15) is 0 Å². The number of rotatable bonds is 5. The van der Waals surface area contributed by atoms with Crippen LogP contribution in [0.1, 0.15) is 32.1 Å². The fourth-order valence-corrected chi connectivity index (χ4v) is 3.32. The molecule has 1 aromatic rings. The van der Waals surface area contributed by atoms with Crippen LogP contribution in [0.15, 0.2) is 24.5 Å². The molecule has 2 aliphatic rings. The van der Waals surface area contributed by atoms with Gasteiger partial charge in [0.05, 0.1) is 18.1 Å². The van der Waals surface area contributed by atoms with Crippen molar-refractivity contribution in [3.8, 4) is 0 Å². The maximum absolute atomic E-state index is 12.3. The molecule has 116 valence electrons. The zero-order chi connectivity index (χ0) is 14.5. The number of hydrogen-bond acceptors (Lipinski definition) is 3. The first kappa shape index (κ1) is 14.6. The molecular weight excluding hydrogens is 268 g/mol. The first-order chi connectivity index (χ1) is 10.3. The summed E-state index contributed by atoms with van der Waals surface area (Å²) in [6.07, 6.45) is 8.74. The Morgan fingerprint density at radius 3 is 2.67 bits per heavy atom. The molecule has 2 fully saturated rings. The van der Waals surface area contributed by atoms with Gasteiger partial charge in [-0.05, 0) is 37.8 Å². The standard InChI is InChI=1S/C16H24N2O3/c19-15(17-13-14-4-3-9-21-14)12-16(5-10-20-11-6-16)18-7-1-2-8-18/h1-2,7-8,14H,3-6,9-13H2,(H,17,19). The summed E-state index contributed by atoms with van der Waals surface area (Å²) < 4.78 is 13.2. The zero-order valence-electron chi connectivity index (χ0n) is 12.4. The smallest absolute Gasteiger partial charge is 0.222 e.